The van der Waals surface area contributed by atoms with Gasteiger partial charge in [-0.05, 0) is 12.3 Å². The van der Waals surface area contributed by atoms with Crippen molar-refractivity contribution in [1.82, 2.24) is 28.9 Å². The Balaban J connectivity index is 1.93. The molecule has 3 N–H and O–H groups in total. The number of hydrogen-bond donors (Lipinski definition) is 2. The van der Waals surface area contributed by atoms with Crippen LogP contribution in [0.25, 0.3) is 11.0 Å². The van der Waals surface area contributed by atoms with Gasteiger partial charge in [0.05, 0.1) is 12.5 Å². The minimum atomic E-state index is -0.746. The molecule has 0 aromatic carbocycles. The molecule has 0 unspecified atom stereocenters. The smallest absolute Gasteiger partial charge is 0.330 e. The van der Waals surface area contributed by atoms with E-state index >= 15 is 0 Å². The van der Waals surface area contributed by atoms with Gasteiger partial charge in [0.2, 0.25) is 5.91 Å². The van der Waals surface area contributed by atoms with Gasteiger partial charge in [0, 0.05) is 46.8 Å². The second kappa shape index (κ2) is 10.5. The minimum Gasteiger partial charge on any atom is -0.385 e. The van der Waals surface area contributed by atoms with Gasteiger partial charge < -0.3 is 15.4 Å². The van der Waals surface area contributed by atoms with Gasteiger partial charge in [-0.15, -0.1) is 0 Å². The Hall–Kier alpha value is -3.74. The Morgan fingerprint density at radius 3 is 2.71 bits per heavy atom. The maximum absolute atomic E-state index is 13.3. The predicted molar refractivity (Wildman–Crippen MR) is 127 cm³/mol. The Kier molecular flexibility index (Phi) is 7.66. The number of nitrogens with one attached hydrogen (secondary N) is 1. The number of anilines is 2. The van der Waals surface area contributed by atoms with Crippen LogP contribution in [0, 0.1) is 5.92 Å². The number of fused-ring (bicyclic) bond motifs is 1. The number of ether oxygens (including phenoxy) is 1. The molecule has 0 atom stereocenters. The van der Waals surface area contributed by atoms with Crippen molar-refractivity contribution in [2.45, 2.75) is 39.8 Å². The minimum absolute atomic E-state index is 0.0414. The fourth-order valence-electron chi connectivity index (χ4n) is 3.69. The number of methoxy groups -OCH3 is 1. The zero-order chi connectivity index (χ0) is 25.0. The molecule has 3 heterocycles. The molecule has 0 radical (unpaired) electrons. The average Bonchev–Trinajstić information content (AvgIpc) is 3.16. The molecule has 0 bridgehead atoms. The standard InChI is InChI=1S/C21H30N8O5/c1-13(2)11-29-17(22)16(19(31)25-21(29)33)28(7-5-9-34-4)15(30)6-8-27-12-23-18-14(20(27)32)10-24-26(18)3/h10,12-13H,5-9,11,22H2,1-4H3,(H,25,31,33). The van der Waals surface area contributed by atoms with E-state index in [-0.39, 0.29) is 49.0 Å². The Morgan fingerprint density at radius 1 is 1.29 bits per heavy atom. The van der Waals surface area contributed by atoms with E-state index in [0.29, 0.717) is 24.1 Å². The monoisotopic (exact) mass is 474 g/mol. The van der Waals surface area contributed by atoms with Crippen molar-refractivity contribution in [1.29, 1.82) is 0 Å². The molecule has 0 fully saturated rings. The lowest BCUT2D eigenvalue weighted by Gasteiger charge is -2.25. The molecule has 0 aliphatic rings. The van der Waals surface area contributed by atoms with Gasteiger partial charge in [0.1, 0.15) is 11.2 Å². The van der Waals surface area contributed by atoms with Gasteiger partial charge in [0.15, 0.2) is 11.3 Å². The molecule has 0 saturated carbocycles. The zero-order valence-corrected chi connectivity index (χ0v) is 19.8. The van der Waals surface area contributed by atoms with Crippen LogP contribution in [0.1, 0.15) is 26.7 Å². The summed E-state index contributed by atoms with van der Waals surface area (Å²) >= 11 is 0. The third-order valence-electron chi connectivity index (χ3n) is 5.35. The molecule has 13 heteroatoms. The molecule has 3 rings (SSSR count). The van der Waals surface area contributed by atoms with Crippen molar-refractivity contribution in [2.24, 2.45) is 13.0 Å². The second-order valence-electron chi connectivity index (χ2n) is 8.39. The van der Waals surface area contributed by atoms with E-state index in [2.05, 4.69) is 15.1 Å². The van der Waals surface area contributed by atoms with Crippen LogP contribution in [0.15, 0.2) is 26.9 Å². The van der Waals surface area contributed by atoms with E-state index in [9.17, 15) is 19.2 Å². The lowest BCUT2D eigenvalue weighted by molar-refractivity contribution is -0.118. The fourth-order valence-corrected chi connectivity index (χ4v) is 3.69. The molecule has 34 heavy (non-hydrogen) atoms. The number of carbonyl (C=O) groups excluding carboxylic acids is 1. The quantitative estimate of drug-likeness (QED) is 0.378. The summed E-state index contributed by atoms with van der Waals surface area (Å²) in [4.78, 5) is 58.7. The van der Waals surface area contributed by atoms with Crippen molar-refractivity contribution < 1.29 is 9.53 Å². The highest BCUT2D eigenvalue weighted by molar-refractivity contribution is 5.95. The van der Waals surface area contributed by atoms with Gasteiger partial charge in [-0.25, -0.2) is 9.78 Å². The summed E-state index contributed by atoms with van der Waals surface area (Å²) in [6.45, 7) is 4.63. The van der Waals surface area contributed by atoms with Crippen molar-refractivity contribution >= 4 is 28.4 Å². The first-order valence-corrected chi connectivity index (χ1v) is 10.9. The van der Waals surface area contributed by atoms with E-state index in [1.807, 2.05) is 13.8 Å². The van der Waals surface area contributed by atoms with Crippen LogP contribution in [-0.2, 0) is 29.7 Å². The molecule has 184 valence electrons. The molecule has 0 spiro atoms. The van der Waals surface area contributed by atoms with Gasteiger partial charge in [-0.3, -0.25) is 33.2 Å². The zero-order valence-electron chi connectivity index (χ0n) is 19.8. The topological polar surface area (TPSA) is 163 Å². The third kappa shape index (κ3) is 5.09. The number of carbonyl (C=O) groups is 1. The van der Waals surface area contributed by atoms with Crippen LogP contribution in [0.5, 0.6) is 0 Å². The molecule has 0 aliphatic carbocycles. The summed E-state index contributed by atoms with van der Waals surface area (Å²) in [7, 11) is 3.21. The number of rotatable bonds is 10. The third-order valence-corrected chi connectivity index (χ3v) is 5.35. The molecule has 13 nitrogen and oxygen atoms in total. The largest absolute Gasteiger partial charge is 0.385 e. The maximum Gasteiger partial charge on any atom is 0.330 e. The lowest BCUT2D eigenvalue weighted by atomic mass is 10.2. The molecule has 3 aromatic heterocycles. The van der Waals surface area contributed by atoms with Gasteiger partial charge >= 0.3 is 5.69 Å². The summed E-state index contributed by atoms with van der Waals surface area (Å²) in [5.41, 5.74) is 4.87. The summed E-state index contributed by atoms with van der Waals surface area (Å²) in [6.07, 6.45) is 3.13. The fraction of sp³-hybridized carbons (Fsp3) is 0.524. The summed E-state index contributed by atoms with van der Waals surface area (Å²) in [6, 6.07) is 0. The molecule has 0 aliphatic heterocycles. The van der Waals surface area contributed by atoms with Gasteiger partial charge in [-0.1, -0.05) is 13.8 Å². The first-order chi connectivity index (χ1) is 16.1. The highest BCUT2D eigenvalue weighted by atomic mass is 16.5. The van der Waals surface area contributed by atoms with Crippen molar-refractivity contribution in [3.8, 4) is 0 Å². The molecule has 3 aromatic rings. The number of nitrogens with zero attached hydrogens (tertiary/aromatic N) is 6. The summed E-state index contributed by atoms with van der Waals surface area (Å²) < 4.78 is 9.15. The number of H-pyrrole nitrogens is 1. The van der Waals surface area contributed by atoms with Crippen LogP contribution < -0.4 is 27.4 Å². The SMILES string of the molecule is COCCCN(C(=O)CCn1cnc2c(cnn2C)c1=O)c1c(N)n(CC(C)C)c(=O)[nH]c1=O. The maximum atomic E-state index is 13.3. The first-order valence-electron chi connectivity index (χ1n) is 10.9. The number of amides is 1. The second-order valence-corrected chi connectivity index (χ2v) is 8.39. The van der Waals surface area contributed by atoms with Crippen molar-refractivity contribution in [3.63, 3.8) is 0 Å². The van der Waals surface area contributed by atoms with Crippen molar-refractivity contribution in [3.05, 3.63) is 43.7 Å². The van der Waals surface area contributed by atoms with E-state index in [1.165, 1.54) is 38.3 Å². The van der Waals surface area contributed by atoms with E-state index < -0.39 is 17.2 Å². The Bertz CT molecular complexity index is 1350. The highest BCUT2D eigenvalue weighted by Gasteiger charge is 2.24. The predicted octanol–water partition coefficient (Wildman–Crippen LogP) is -0.322. The normalized spacial score (nSPS) is 11.4. The first kappa shape index (κ1) is 24.9. The number of nitrogen functional groups attached to an aromatic ring is 1. The van der Waals surface area contributed by atoms with Crippen LogP contribution in [-0.4, -0.2) is 55.1 Å². The van der Waals surface area contributed by atoms with E-state index in [0.717, 1.165) is 0 Å². The molecular weight excluding hydrogens is 444 g/mol. The number of aromatic amines is 1. The summed E-state index contributed by atoms with van der Waals surface area (Å²) in [5, 5.41) is 4.37. The van der Waals surface area contributed by atoms with Crippen molar-refractivity contribution in [2.75, 3.05) is 30.9 Å². The van der Waals surface area contributed by atoms with Gasteiger partial charge in [-0.2, -0.15) is 5.10 Å². The lowest BCUT2D eigenvalue weighted by Crippen LogP contribution is -2.42. The Morgan fingerprint density at radius 2 is 2.03 bits per heavy atom. The van der Waals surface area contributed by atoms with Crippen LogP contribution in [0.4, 0.5) is 11.5 Å². The number of hydrogen-bond acceptors (Lipinski definition) is 8. The number of aryl methyl sites for hydroxylation is 2. The van der Waals surface area contributed by atoms with Gasteiger partial charge in [0.25, 0.3) is 11.1 Å². The average molecular weight is 475 g/mol. The molecule has 1 amide bonds. The Labute approximate surface area is 194 Å². The van der Waals surface area contributed by atoms with Crippen LogP contribution in [0.3, 0.4) is 0 Å². The van der Waals surface area contributed by atoms with E-state index in [4.69, 9.17) is 10.5 Å². The molecular formula is C21H30N8O5. The van der Waals surface area contributed by atoms with Crippen LogP contribution >= 0.6 is 0 Å². The number of nitrogens with two attached hydrogens (primary N) is 1. The number of aromatic nitrogens is 6. The van der Waals surface area contributed by atoms with Crippen LogP contribution in [0.2, 0.25) is 0 Å². The highest BCUT2D eigenvalue weighted by Crippen LogP contribution is 2.19. The molecule has 0 saturated heterocycles. The summed E-state index contributed by atoms with van der Waals surface area (Å²) in [5.74, 6) is -0.428. The van der Waals surface area contributed by atoms with E-state index in [1.54, 1.807) is 7.05 Å².